The number of fused-ring (bicyclic) bond motifs is 1. The lowest BCUT2D eigenvalue weighted by Gasteiger charge is -2.34. The van der Waals surface area contributed by atoms with Gasteiger partial charge in [0, 0.05) is 38.0 Å². The van der Waals surface area contributed by atoms with Gasteiger partial charge in [0.15, 0.2) is 11.5 Å². The Morgan fingerprint density at radius 1 is 0.964 bits per heavy atom. The third-order valence-electron chi connectivity index (χ3n) is 6.49. The number of piperidine rings is 1. The summed E-state index contributed by atoms with van der Waals surface area (Å²) in [6.07, 6.45) is 11.6. The molecule has 2 aliphatic heterocycles. The third kappa shape index (κ3) is 3.27. The molecule has 3 aliphatic rings. The van der Waals surface area contributed by atoms with E-state index in [9.17, 15) is 4.79 Å². The summed E-state index contributed by atoms with van der Waals surface area (Å²) < 4.78 is 1.93. The number of hydrogen-bond donors (Lipinski definition) is 0. The fourth-order valence-electron chi connectivity index (χ4n) is 4.80. The van der Waals surface area contributed by atoms with Crippen LogP contribution in [0.15, 0.2) is 24.3 Å². The van der Waals surface area contributed by atoms with E-state index in [-0.39, 0.29) is 5.92 Å². The highest BCUT2D eigenvalue weighted by Crippen LogP contribution is 2.30. The fourth-order valence-corrected chi connectivity index (χ4v) is 4.80. The number of allylic oxidation sites excluding steroid dienone is 2. The normalized spacial score (nSPS) is 23.6. The molecule has 28 heavy (non-hydrogen) atoms. The molecular formula is C21H28N6O. The molecule has 148 valence electrons. The van der Waals surface area contributed by atoms with Gasteiger partial charge in [-0.2, -0.15) is 4.52 Å². The molecule has 2 aromatic rings. The van der Waals surface area contributed by atoms with Gasteiger partial charge < -0.3 is 9.80 Å². The molecule has 0 aromatic carbocycles. The van der Waals surface area contributed by atoms with Gasteiger partial charge in [0.25, 0.3) is 0 Å². The molecule has 0 bridgehead atoms. The Morgan fingerprint density at radius 3 is 2.54 bits per heavy atom. The van der Waals surface area contributed by atoms with E-state index in [0.717, 1.165) is 75.6 Å². The largest absolute Gasteiger partial charge is 0.355 e. The first-order valence-corrected chi connectivity index (χ1v) is 10.7. The minimum atomic E-state index is 0.181. The van der Waals surface area contributed by atoms with Gasteiger partial charge in [-0.3, -0.25) is 4.79 Å². The van der Waals surface area contributed by atoms with Crippen LogP contribution in [0.5, 0.6) is 0 Å². The van der Waals surface area contributed by atoms with E-state index >= 15 is 0 Å². The van der Waals surface area contributed by atoms with Crippen LogP contribution in [0, 0.1) is 5.92 Å². The highest BCUT2D eigenvalue weighted by Gasteiger charge is 2.30. The molecule has 1 amide bonds. The van der Waals surface area contributed by atoms with Gasteiger partial charge in [0.05, 0.1) is 0 Å². The minimum Gasteiger partial charge on any atom is -0.355 e. The average molecular weight is 380 g/mol. The topological polar surface area (TPSA) is 66.6 Å². The van der Waals surface area contributed by atoms with Crippen molar-refractivity contribution in [2.75, 3.05) is 31.1 Å². The lowest BCUT2D eigenvalue weighted by molar-refractivity contribution is -0.136. The smallest absolute Gasteiger partial charge is 0.226 e. The van der Waals surface area contributed by atoms with Crippen molar-refractivity contribution in [3.63, 3.8) is 0 Å². The summed E-state index contributed by atoms with van der Waals surface area (Å²) in [4.78, 5) is 17.2. The highest BCUT2D eigenvalue weighted by molar-refractivity contribution is 5.79. The number of carbonyl (C=O) groups is 1. The Labute approximate surface area is 165 Å². The molecule has 2 aromatic heterocycles. The van der Waals surface area contributed by atoms with Crippen molar-refractivity contribution in [2.24, 2.45) is 5.92 Å². The summed E-state index contributed by atoms with van der Waals surface area (Å²) in [5, 5.41) is 13.6. The van der Waals surface area contributed by atoms with Gasteiger partial charge >= 0.3 is 0 Å². The number of rotatable bonds is 3. The summed E-state index contributed by atoms with van der Waals surface area (Å²) in [6.45, 7) is 3.77. The second-order valence-corrected chi connectivity index (χ2v) is 8.29. The summed E-state index contributed by atoms with van der Waals surface area (Å²) >= 11 is 0. The first kappa shape index (κ1) is 17.6. The maximum Gasteiger partial charge on any atom is 0.226 e. The number of likely N-dealkylation sites (tertiary alicyclic amines) is 1. The molecule has 0 saturated carbocycles. The summed E-state index contributed by atoms with van der Waals surface area (Å²) in [6, 6.07) is 4.07. The molecular weight excluding hydrogens is 352 g/mol. The molecule has 2 fully saturated rings. The van der Waals surface area contributed by atoms with Crippen LogP contribution in [-0.2, 0) is 4.79 Å². The van der Waals surface area contributed by atoms with Crippen LogP contribution in [0.25, 0.3) is 5.65 Å². The molecule has 4 heterocycles. The second kappa shape index (κ2) is 7.53. The van der Waals surface area contributed by atoms with E-state index in [0.29, 0.717) is 11.8 Å². The number of aromatic nitrogens is 4. The lowest BCUT2D eigenvalue weighted by atomic mass is 9.90. The molecule has 2 saturated heterocycles. The Morgan fingerprint density at radius 2 is 1.79 bits per heavy atom. The zero-order valence-corrected chi connectivity index (χ0v) is 16.3. The number of anilines is 1. The number of hydrogen-bond acceptors (Lipinski definition) is 5. The summed E-state index contributed by atoms with van der Waals surface area (Å²) in [5.41, 5.74) is 0.811. The zero-order chi connectivity index (χ0) is 18.9. The molecule has 1 atom stereocenters. The molecule has 7 heteroatoms. The van der Waals surface area contributed by atoms with Crippen molar-refractivity contribution in [3.8, 4) is 0 Å². The predicted octanol–water partition coefficient (Wildman–Crippen LogP) is 2.79. The molecule has 5 rings (SSSR count). The van der Waals surface area contributed by atoms with Gasteiger partial charge in [-0.25, -0.2) is 0 Å². The van der Waals surface area contributed by atoms with E-state index < -0.39 is 0 Å². The summed E-state index contributed by atoms with van der Waals surface area (Å²) in [7, 11) is 0. The minimum absolute atomic E-state index is 0.181. The van der Waals surface area contributed by atoms with Crippen molar-refractivity contribution in [2.45, 2.75) is 50.9 Å². The molecule has 0 spiro atoms. The van der Waals surface area contributed by atoms with E-state index in [1.54, 1.807) is 0 Å². The van der Waals surface area contributed by atoms with Gasteiger partial charge in [-0.15, -0.1) is 15.3 Å². The van der Waals surface area contributed by atoms with E-state index in [2.05, 4.69) is 38.2 Å². The average Bonchev–Trinajstić information content (AvgIpc) is 3.44. The van der Waals surface area contributed by atoms with Crippen LogP contribution in [0.2, 0.25) is 0 Å². The SMILES string of the molecule is O=C(C1CC=CCC1)N1CCC(c2nnc3ccc(N4CCCC4)nn23)CC1. The highest BCUT2D eigenvalue weighted by atomic mass is 16.2. The van der Waals surface area contributed by atoms with Crippen LogP contribution >= 0.6 is 0 Å². The van der Waals surface area contributed by atoms with Crippen LogP contribution in [0.4, 0.5) is 5.82 Å². The van der Waals surface area contributed by atoms with Crippen molar-refractivity contribution in [1.82, 2.24) is 24.7 Å². The number of nitrogens with zero attached hydrogens (tertiary/aromatic N) is 6. The van der Waals surface area contributed by atoms with E-state index in [1.165, 1.54) is 12.8 Å². The van der Waals surface area contributed by atoms with Crippen LogP contribution in [0.1, 0.15) is 56.7 Å². The van der Waals surface area contributed by atoms with Crippen LogP contribution in [0.3, 0.4) is 0 Å². The fraction of sp³-hybridized carbons (Fsp3) is 0.619. The first-order chi connectivity index (χ1) is 13.8. The predicted molar refractivity (Wildman–Crippen MR) is 107 cm³/mol. The Balaban J connectivity index is 1.29. The van der Waals surface area contributed by atoms with Crippen LogP contribution < -0.4 is 4.90 Å². The Hall–Kier alpha value is -2.44. The lowest BCUT2D eigenvalue weighted by Crippen LogP contribution is -2.41. The number of carbonyl (C=O) groups excluding carboxylic acids is 1. The standard InChI is InChI=1S/C21H28N6O/c28-21(17-6-2-1-3-7-17)26-14-10-16(11-15-26)20-23-22-18-8-9-19(24-27(18)20)25-12-4-5-13-25/h1-2,8-9,16-17H,3-7,10-15H2. The number of amides is 1. The second-order valence-electron chi connectivity index (χ2n) is 8.29. The van der Waals surface area contributed by atoms with Gasteiger partial charge in [0.2, 0.25) is 5.91 Å². The van der Waals surface area contributed by atoms with Crippen molar-refractivity contribution >= 4 is 17.4 Å². The van der Waals surface area contributed by atoms with E-state index in [4.69, 9.17) is 5.10 Å². The van der Waals surface area contributed by atoms with Gasteiger partial charge in [-0.1, -0.05) is 12.2 Å². The maximum absolute atomic E-state index is 12.8. The van der Waals surface area contributed by atoms with Crippen LogP contribution in [-0.4, -0.2) is 56.8 Å². The summed E-state index contributed by atoms with van der Waals surface area (Å²) in [5.74, 6) is 2.79. The first-order valence-electron chi connectivity index (χ1n) is 10.7. The Kier molecular flexibility index (Phi) is 4.74. The van der Waals surface area contributed by atoms with Gasteiger partial charge in [-0.05, 0) is 57.1 Å². The maximum atomic E-state index is 12.8. The Bertz CT molecular complexity index is 876. The molecule has 1 unspecified atom stereocenters. The quantitative estimate of drug-likeness (QED) is 0.766. The molecule has 1 aliphatic carbocycles. The van der Waals surface area contributed by atoms with Crippen molar-refractivity contribution in [1.29, 1.82) is 0 Å². The molecule has 0 radical (unpaired) electrons. The van der Waals surface area contributed by atoms with Gasteiger partial charge in [0.1, 0.15) is 5.82 Å². The van der Waals surface area contributed by atoms with Crippen molar-refractivity contribution < 1.29 is 4.79 Å². The third-order valence-corrected chi connectivity index (χ3v) is 6.49. The zero-order valence-electron chi connectivity index (χ0n) is 16.3. The molecule has 7 nitrogen and oxygen atoms in total. The van der Waals surface area contributed by atoms with Crippen molar-refractivity contribution in [3.05, 3.63) is 30.1 Å². The monoisotopic (exact) mass is 380 g/mol. The van der Waals surface area contributed by atoms with E-state index in [1.807, 2.05) is 10.6 Å². The molecule has 0 N–H and O–H groups in total.